The van der Waals surface area contributed by atoms with Crippen molar-refractivity contribution < 1.29 is 9.53 Å². The van der Waals surface area contributed by atoms with Gasteiger partial charge in [-0.3, -0.25) is 9.69 Å². The van der Waals surface area contributed by atoms with E-state index in [1.807, 2.05) is 39.1 Å². The zero-order valence-electron chi connectivity index (χ0n) is 12.3. The SMILES string of the molecule is Cc1ccc(C)c(C(=O)CN(C)C2CCOC2C)c1. The molecule has 0 bridgehead atoms. The zero-order chi connectivity index (χ0) is 14.0. The minimum Gasteiger partial charge on any atom is -0.377 e. The van der Waals surface area contributed by atoms with E-state index in [1.54, 1.807) is 0 Å². The van der Waals surface area contributed by atoms with Crippen molar-refractivity contribution in [1.82, 2.24) is 4.90 Å². The second-order valence-corrected chi connectivity index (χ2v) is 5.59. The molecule has 2 rings (SSSR count). The van der Waals surface area contributed by atoms with Gasteiger partial charge in [0, 0.05) is 18.2 Å². The van der Waals surface area contributed by atoms with E-state index >= 15 is 0 Å². The standard InChI is InChI=1S/C16H23NO2/c1-11-5-6-12(2)14(9-11)16(18)10-17(4)15-7-8-19-13(15)3/h5-6,9,13,15H,7-8,10H2,1-4H3. The average Bonchev–Trinajstić information content (AvgIpc) is 2.78. The van der Waals surface area contributed by atoms with Crippen LogP contribution in [-0.2, 0) is 4.74 Å². The van der Waals surface area contributed by atoms with E-state index in [1.165, 1.54) is 0 Å². The van der Waals surface area contributed by atoms with Crippen molar-refractivity contribution in [3.63, 3.8) is 0 Å². The van der Waals surface area contributed by atoms with Gasteiger partial charge in [-0.2, -0.15) is 0 Å². The Morgan fingerprint density at radius 3 is 2.79 bits per heavy atom. The third kappa shape index (κ3) is 3.23. The summed E-state index contributed by atoms with van der Waals surface area (Å²) >= 11 is 0. The van der Waals surface area contributed by atoms with E-state index in [4.69, 9.17) is 4.74 Å². The van der Waals surface area contributed by atoms with E-state index in [2.05, 4.69) is 11.8 Å². The van der Waals surface area contributed by atoms with Crippen LogP contribution in [0.25, 0.3) is 0 Å². The van der Waals surface area contributed by atoms with Crippen LogP contribution in [0.4, 0.5) is 0 Å². The van der Waals surface area contributed by atoms with Crippen LogP contribution >= 0.6 is 0 Å². The number of ketones is 1. The van der Waals surface area contributed by atoms with Gasteiger partial charge in [0.1, 0.15) is 0 Å². The second kappa shape index (κ2) is 5.85. The van der Waals surface area contributed by atoms with Crippen molar-refractivity contribution >= 4 is 5.78 Å². The predicted octanol–water partition coefficient (Wildman–Crippen LogP) is 2.60. The molecule has 1 aliphatic rings. The lowest BCUT2D eigenvalue weighted by Crippen LogP contribution is -2.40. The van der Waals surface area contributed by atoms with Gasteiger partial charge in [-0.05, 0) is 45.9 Å². The van der Waals surface area contributed by atoms with Crippen LogP contribution in [0.2, 0.25) is 0 Å². The number of carbonyl (C=O) groups excluding carboxylic acids is 1. The van der Waals surface area contributed by atoms with Crippen molar-refractivity contribution in [2.45, 2.75) is 39.3 Å². The summed E-state index contributed by atoms with van der Waals surface area (Å²) in [4.78, 5) is 14.5. The number of ether oxygens (including phenoxy) is 1. The quantitative estimate of drug-likeness (QED) is 0.780. The Bertz CT molecular complexity index is 470. The Kier molecular flexibility index (Phi) is 4.38. The smallest absolute Gasteiger partial charge is 0.177 e. The maximum Gasteiger partial charge on any atom is 0.177 e. The number of likely N-dealkylation sites (N-methyl/N-ethyl adjacent to an activating group) is 1. The molecule has 0 radical (unpaired) electrons. The highest BCUT2D eigenvalue weighted by Gasteiger charge is 2.29. The number of nitrogens with zero attached hydrogens (tertiary/aromatic N) is 1. The fourth-order valence-electron chi connectivity index (χ4n) is 2.76. The van der Waals surface area contributed by atoms with E-state index in [-0.39, 0.29) is 11.9 Å². The first kappa shape index (κ1) is 14.2. The average molecular weight is 261 g/mol. The number of hydrogen-bond donors (Lipinski definition) is 0. The van der Waals surface area contributed by atoms with Crippen molar-refractivity contribution in [3.8, 4) is 0 Å². The first-order valence-corrected chi connectivity index (χ1v) is 6.91. The molecule has 0 aromatic heterocycles. The molecule has 1 aliphatic heterocycles. The van der Waals surface area contributed by atoms with Gasteiger partial charge < -0.3 is 4.74 Å². The lowest BCUT2D eigenvalue weighted by atomic mass is 10.0. The molecule has 3 heteroatoms. The summed E-state index contributed by atoms with van der Waals surface area (Å²) in [6.45, 7) is 7.36. The number of carbonyl (C=O) groups is 1. The maximum absolute atomic E-state index is 12.4. The molecular formula is C16H23NO2. The van der Waals surface area contributed by atoms with Crippen LogP contribution in [0.5, 0.6) is 0 Å². The fourth-order valence-corrected chi connectivity index (χ4v) is 2.76. The zero-order valence-corrected chi connectivity index (χ0v) is 12.3. The Balaban J connectivity index is 2.06. The van der Waals surface area contributed by atoms with Crippen LogP contribution in [0.3, 0.4) is 0 Å². The Labute approximate surface area is 115 Å². The summed E-state index contributed by atoms with van der Waals surface area (Å²) in [6.07, 6.45) is 1.23. The molecule has 19 heavy (non-hydrogen) atoms. The molecule has 1 fully saturated rings. The normalized spacial score (nSPS) is 23.0. The highest BCUT2D eigenvalue weighted by atomic mass is 16.5. The van der Waals surface area contributed by atoms with E-state index in [9.17, 15) is 4.79 Å². The van der Waals surface area contributed by atoms with Gasteiger partial charge in [0.15, 0.2) is 5.78 Å². The van der Waals surface area contributed by atoms with Crippen LogP contribution in [0, 0.1) is 13.8 Å². The van der Waals surface area contributed by atoms with Crippen molar-refractivity contribution in [1.29, 1.82) is 0 Å². The minimum atomic E-state index is 0.197. The van der Waals surface area contributed by atoms with Crippen LogP contribution < -0.4 is 0 Å². The molecule has 2 unspecified atom stereocenters. The van der Waals surface area contributed by atoms with Crippen molar-refractivity contribution in [3.05, 3.63) is 34.9 Å². The molecule has 2 atom stereocenters. The fraction of sp³-hybridized carbons (Fsp3) is 0.562. The molecule has 1 heterocycles. The summed E-state index contributed by atoms with van der Waals surface area (Å²) in [5.41, 5.74) is 3.03. The van der Waals surface area contributed by atoms with Gasteiger partial charge >= 0.3 is 0 Å². The Morgan fingerprint density at radius 2 is 2.16 bits per heavy atom. The first-order valence-electron chi connectivity index (χ1n) is 6.91. The molecule has 3 nitrogen and oxygen atoms in total. The van der Waals surface area contributed by atoms with Gasteiger partial charge in [-0.15, -0.1) is 0 Å². The largest absolute Gasteiger partial charge is 0.377 e. The Hall–Kier alpha value is -1.19. The molecule has 1 aromatic carbocycles. The van der Waals surface area contributed by atoms with Gasteiger partial charge in [0.25, 0.3) is 0 Å². The third-order valence-corrected chi connectivity index (χ3v) is 3.99. The third-order valence-electron chi connectivity index (χ3n) is 3.99. The molecule has 1 aromatic rings. The van der Waals surface area contributed by atoms with E-state index in [0.29, 0.717) is 12.6 Å². The predicted molar refractivity (Wildman–Crippen MR) is 76.7 cm³/mol. The van der Waals surface area contributed by atoms with Crippen LogP contribution in [-0.4, -0.2) is 43.0 Å². The highest BCUT2D eigenvalue weighted by Crippen LogP contribution is 2.19. The molecule has 1 saturated heterocycles. The van der Waals surface area contributed by atoms with Gasteiger partial charge in [-0.25, -0.2) is 0 Å². The van der Waals surface area contributed by atoms with Gasteiger partial charge in [0.05, 0.1) is 12.6 Å². The van der Waals surface area contributed by atoms with E-state index in [0.717, 1.165) is 29.7 Å². The summed E-state index contributed by atoms with van der Waals surface area (Å²) in [5.74, 6) is 0.197. The molecular weight excluding hydrogens is 238 g/mol. The monoisotopic (exact) mass is 261 g/mol. The van der Waals surface area contributed by atoms with Gasteiger partial charge in [-0.1, -0.05) is 17.7 Å². The van der Waals surface area contributed by atoms with Crippen LogP contribution in [0.1, 0.15) is 34.8 Å². The number of hydrogen-bond acceptors (Lipinski definition) is 3. The summed E-state index contributed by atoms with van der Waals surface area (Å²) < 4.78 is 5.56. The first-order chi connectivity index (χ1) is 8.99. The molecule has 104 valence electrons. The van der Waals surface area contributed by atoms with Crippen molar-refractivity contribution in [2.75, 3.05) is 20.2 Å². The summed E-state index contributed by atoms with van der Waals surface area (Å²) in [7, 11) is 2.01. The lowest BCUT2D eigenvalue weighted by molar-refractivity contribution is 0.0745. The topological polar surface area (TPSA) is 29.5 Å². The molecule has 0 spiro atoms. The second-order valence-electron chi connectivity index (χ2n) is 5.59. The number of aryl methyl sites for hydroxylation is 2. The molecule has 0 amide bonds. The van der Waals surface area contributed by atoms with Gasteiger partial charge in [0.2, 0.25) is 0 Å². The minimum absolute atomic E-state index is 0.197. The highest BCUT2D eigenvalue weighted by molar-refractivity contribution is 5.99. The van der Waals surface area contributed by atoms with Crippen molar-refractivity contribution in [2.24, 2.45) is 0 Å². The number of rotatable bonds is 4. The molecule has 0 saturated carbocycles. The maximum atomic E-state index is 12.4. The Morgan fingerprint density at radius 1 is 1.42 bits per heavy atom. The number of benzene rings is 1. The summed E-state index contributed by atoms with van der Waals surface area (Å²) in [6, 6.07) is 6.40. The molecule has 0 aliphatic carbocycles. The van der Waals surface area contributed by atoms with Crippen LogP contribution in [0.15, 0.2) is 18.2 Å². The van der Waals surface area contributed by atoms with E-state index < -0.39 is 0 Å². The molecule has 0 N–H and O–H groups in total. The number of Topliss-reactive ketones (excluding diaryl/α,β-unsaturated/α-hetero) is 1. The lowest BCUT2D eigenvalue weighted by Gasteiger charge is -2.26. The summed E-state index contributed by atoms with van der Waals surface area (Å²) in [5, 5.41) is 0.